The Balaban J connectivity index is 2.27. The highest BCUT2D eigenvalue weighted by molar-refractivity contribution is 5.99. The third kappa shape index (κ3) is 3.42. The number of hydrogen-bond acceptors (Lipinski definition) is 6. The largest absolute Gasteiger partial charge is 0.477 e. The number of aromatic carboxylic acids is 1. The SMILES string of the molecule is CC(C)COn1cc(C(=O)O)c(=O)c2c(N)c(F)c(N3CCC(N)C3)cc21. The van der Waals surface area contributed by atoms with Crippen LogP contribution in [-0.4, -0.2) is 41.5 Å². The first kappa shape index (κ1) is 19.0. The lowest BCUT2D eigenvalue weighted by atomic mass is 10.1. The highest BCUT2D eigenvalue weighted by Gasteiger charge is 2.27. The standard InChI is InChI=1S/C18H23FN4O4/c1-9(2)8-27-23-7-11(18(25)26)17(24)14-12(23)5-13(15(19)16(14)21)22-4-3-10(20)6-22/h5,7,9-10H,3-4,6,8,20-21H2,1-2H3,(H,25,26). The summed E-state index contributed by atoms with van der Waals surface area (Å²) in [6, 6.07) is 1.39. The summed E-state index contributed by atoms with van der Waals surface area (Å²) < 4.78 is 16.1. The van der Waals surface area contributed by atoms with Crippen LogP contribution in [-0.2, 0) is 0 Å². The second-order valence-corrected chi connectivity index (χ2v) is 7.20. The van der Waals surface area contributed by atoms with Gasteiger partial charge in [0, 0.05) is 19.1 Å². The van der Waals surface area contributed by atoms with Gasteiger partial charge in [-0.15, -0.1) is 0 Å². The first-order valence-corrected chi connectivity index (χ1v) is 8.75. The molecule has 1 aromatic carbocycles. The Bertz CT molecular complexity index is 957. The van der Waals surface area contributed by atoms with Crippen molar-refractivity contribution in [2.75, 3.05) is 30.3 Å². The second-order valence-electron chi connectivity index (χ2n) is 7.20. The van der Waals surface area contributed by atoms with Gasteiger partial charge in [0.2, 0.25) is 5.43 Å². The average Bonchev–Trinajstić information content (AvgIpc) is 3.02. The van der Waals surface area contributed by atoms with E-state index in [0.29, 0.717) is 19.5 Å². The average molecular weight is 378 g/mol. The van der Waals surface area contributed by atoms with Gasteiger partial charge in [0.15, 0.2) is 5.82 Å². The Labute approximate surface area is 155 Å². The third-order valence-corrected chi connectivity index (χ3v) is 4.56. The molecule has 0 saturated carbocycles. The summed E-state index contributed by atoms with van der Waals surface area (Å²) in [6.07, 6.45) is 1.82. The molecule has 0 amide bonds. The van der Waals surface area contributed by atoms with Gasteiger partial charge in [-0.25, -0.2) is 9.18 Å². The Morgan fingerprint density at radius 1 is 1.48 bits per heavy atom. The van der Waals surface area contributed by atoms with Gasteiger partial charge in [-0.1, -0.05) is 13.8 Å². The minimum absolute atomic E-state index is 0.0740. The van der Waals surface area contributed by atoms with Crippen molar-refractivity contribution in [2.24, 2.45) is 11.7 Å². The molecule has 5 N–H and O–H groups in total. The zero-order valence-corrected chi connectivity index (χ0v) is 15.2. The van der Waals surface area contributed by atoms with E-state index in [1.165, 1.54) is 10.8 Å². The summed E-state index contributed by atoms with van der Waals surface area (Å²) in [5.41, 5.74) is 10.5. The van der Waals surface area contributed by atoms with Crippen molar-refractivity contribution in [3.63, 3.8) is 0 Å². The van der Waals surface area contributed by atoms with E-state index in [1.807, 2.05) is 13.8 Å². The maximum Gasteiger partial charge on any atom is 0.341 e. The predicted octanol–water partition coefficient (Wildman–Crippen LogP) is 1.04. The van der Waals surface area contributed by atoms with Gasteiger partial charge in [0.25, 0.3) is 0 Å². The van der Waals surface area contributed by atoms with Crippen molar-refractivity contribution >= 4 is 28.2 Å². The smallest absolute Gasteiger partial charge is 0.341 e. The normalized spacial score (nSPS) is 17.1. The molecule has 27 heavy (non-hydrogen) atoms. The molecule has 8 nitrogen and oxygen atoms in total. The van der Waals surface area contributed by atoms with E-state index < -0.39 is 28.5 Å². The zero-order chi connectivity index (χ0) is 19.9. The number of carbonyl (C=O) groups is 1. The van der Waals surface area contributed by atoms with Crippen molar-refractivity contribution in [3.05, 3.63) is 33.9 Å². The fourth-order valence-electron chi connectivity index (χ4n) is 3.17. The van der Waals surface area contributed by atoms with Crippen LogP contribution >= 0.6 is 0 Å². The number of pyridine rings is 1. The molecule has 2 aromatic rings. The number of anilines is 2. The minimum atomic E-state index is -1.43. The lowest BCUT2D eigenvalue weighted by Gasteiger charge is -2.22. The molecular formula is C18H23FN4O4. The number of halogens is 1. The molecule has 2 heterocycles. The molecule has 0 spiro atoms. The first-order chi connectivity index (χ1) is 12.7. The molecule has 1 saturated heterocycles. The van der Waals surface area contributed by atoms with Crippen molar-refractivity contribution < 1.29 is 19.1 Å². The Kier molecular flexibility index (Phi) is 4.97. The summed E-state index contributed by atoms with van der Waals surface area (Å²) in [6.45, 7) is 5.15. The molecule has 1 fully saturated rings. The minimum Gasteiger partial charge on any atom is -0.477 e. The molecule has 1 unspecified atom stereocenters. The number of benzene rings is 1. The molecule has 3 rings (SSSR count). The topological polar surface area (TPSA) is 124 Å². The van der Waals surface area contributed by atoms with E-state index in [1.54, 1.807) is 4.90 Å². The molecule has 0 radical (unpaired) electrons. The Hall–Kier alpha value is -2.81. The van der Waals surface area contributed by atoms with Gasteiger partial charge >= 0.3 is 5.97 Å². The van der Waals surface area contributed by atoms with Gasteiger partial charge in [-0.05, 0) is 18.4 Å². The van der Waals surface area contributed by atoms with Crippen molar-refractivity contribution in [3.8, 4) is 0 Å². The zero-order valence-electron chi connectivity index (χ0n) is 15.2. The number of hydrogen-bond donors (Lipinski definition) is 3. The molecule has 0 bridgehead atoms. The van der Waals surface area contributed by atoms with Crippen LogP contribution in [0.2, 0.25) is 0 Å². The van der Waals surface area contributed by atoms with Crippen LogP contribution in [0.4, 0.5) is 15.8 Å². The molecule has 146 valence electrons. The predicted molar refractivity (Wildman–Crippen MR) is 101 cm³/mol. The van der Waals surface area contributed by atoms with Crippen LogP contribution in [0.15, 0.2) is 17.1 Å². The summed E-state index contributed by atoms with van der Waals surface area (Å²) >= 11 is 0. The first-order valence-electron chi connectivity index (χ1n) is 8.75. The summed E-state index contributed by atoms with van der Waals surface area (Å²) in [7, 11) is 0. The monoisotopic (exact) mass is 378 g/mol. The van der Waals surface area contributed by atoms with Crippen LogP contribution in [0.25, 0.3) is 10.9 Å². The van der Waals surface area contributed by atoms with Crippen LogP contribution < -0.4 is 26.6 Å². The number of rotatable bonds is 5. The Morgan fingerprint density at radius 2 is 2.19 bits per heavy atom. The van der Waals surface area contributed by atoms with Gasteiger partial charge < -0.3 is 26.3 Å². The maximum absolute atomic E-state index is 14.9. The van der Waals surface area contributed by atoms with Crippen LogP contribution in [0, 0.1) is 11.7 Å². The molecule has 1 aliphatic rings. The highest BCUT2D eigenvalue weighted by atomic mass is 19.1. The van der Waals surface area contributed by atoms with E-state index in [0.717, 1.165) is 6.20 Å². The van der Waals surface area contributed by atoms with Crippen molar-refractivity contribution in [1.29, 1.82) is 0 Å². The number of aromatic nitrogens is 1. The molecular weight excluding hydrogens is 355 g/mol. The van der Waals surface area contributed by atoms with Crippen molar-refractivity contribution in [2.45, 2.75) is 26.3 Å². The lowest BCUT2D eigenvalue weighted by molar-refractivity contribution is 0.0681. The highest BCUT2D eigenvalue weighted by Crippen LogP contribution is 2.32. The fourth-order valence-corrected chi connectivity index (χ4v) is 3.17. The van der Waals surface area contributed by atoms with Gasteiger partial charge in [-0.3, -0.25) is 4.79 Å². The lowest BCUT2D eigenvalue weighted by Crippen LogP contribution is -2.28. The van der Waals surface area contributed by atoms with E-state index in [-0.39, 0.29) is 35.2 Å². The summed E-state index contributed by atoms with van der Waals surface area (Å²) in [4.78, 5) is 31.4. The van der Waals surface area contributed by atoms with Crippen LogP contribution in [0.5, 0.6) is 0 Å². The molecule has 9 heteroatoms. The molecule has 0 aliphatic carbocycles. The van der Waals surface area contributed by atoms with E-state index in [4.69, 9.17) is 16.3 Å². The number of nitrogens with zero attached hydrogens (tertiary/aromatic N) is 2. The number of nitrogens with two attached hydrogens (primary N) is 2. The molecule has 1 aromatic heterocycles. The second kappa shape index (κ2) is 7.07. The van der Waals surface area contributed by atoms with Crippen molar-refractivity contribution in [1.82, 2.24) is 4.73 Å². The van der Waals surface area contributed by atoms with Gasteiger partial charge in [0.1, 0.15) is 12.2 Å². The molecule has 1 aliphatic heterocycles. The quantitative estimate of drug-likeness (QED) is 0.664. The van der Waals surface area contributed by atoms with Gasteiger partial charge in [0.05, 0.1) is 28.5 Å². The summed E-state index contributed by atoms with van der Waals surface area (Å²) in [5, 5.41) is 9.11. The number of nitrogen functional groups attached to an aromatic ring is 1. The van der Waals surface area contributed by atoms with E-state index in [2.05, 4.69) is 0 Å². The fraction of sp³-hybridized carbons (Fsp3) is 0.444. The molecule has 1 atom stereocenters. The van der Waals surface area contributed by atoms with Crippen LogP contribution in [0.1, 0.15) is 30.6 Å². The van der Waals surface area contributed by atoms with E-state index >= 15 is 0 Å². The number of carboxylic acids is 1. The Morgan fingerprint density at radius 3 is 2.74 bits per heavy atom. The number of fused-ring (bicyclic) bond motifs is 1. The number of carboxylic acid groups (broad SMARTS) is 1. The van der Waals surface area contributed by atoms with Crippen LogP contribution in [0.3, 0.4) is 0 Å². The van der Waals surface area contributed by atoms with Gasteiger partial charge in [-0.2, -0.15) is 4.73 Å². The maximum atomic E-state index is 14.9. The third-order valence-electron chi connectivity index (χ3n) is 4.56. The summed E-state index contributed by atoms with van der Waals surface area (Å²) in [5.74, 6) is -2.04. The van der Waals surface area contributed by atoms with E-state index in [9.17, 15) is 19.1 Å².